The van der Waals surface area contributed by atoms with Crippen molar-refractivity contribution in [3.8, 4) is 23.0 Å². The summed E-state index contributed by atoms with van der Waals surface area (Å²) in [6, 6.07) is 9.06. The number of rotatable bonds is 6. The first-order valence-electron chi connectivity index (χ1n) is 12.7. The van der Waals surface area contributed by atoms with Crippen LogP contribution in [0.5, 0.6) is 23.0 Å². The average Bonchev–Trinajstić information content (AvgIpc) is 2.87. The fourth-order valence-electron chi connectivity index (χ4n) is 6.59. The summed E-state index contributed by atoms with van der Waals surface area (Å²) in [7, 11) is 5.06. The number of aromatic hydroxyl groups is 1. The average molecular weight is 467 g/mol. The molecule has 6 heteroatoms. The van der Waals surface area contributed by atoms with Crippen LogP contribution in [0.1, 0.15) is 60.5 Å². The van der Waals surface area contributed by atoms with Gasteiger partial charge in [-0.25, -0.2) is 0 Å². The molecule has 3 aliphatic rings. The molecule has 0 aliphatic carbocycles. The van der Waals surface area contributed by atoms with Crippen molar-refractivity contribution in [1.29, 1.82) is 0 Å². The summed E-state index contributed by atoms with van der Waals surface area (Å²) in [6.07, 6.45) is 5.46. The maximum atomic E-state index is 10.3. The number of hydrogen-bond acceptors (Lipinski definition) is 6. The third-order valence-corrected chi connectivity index (χ3v) is 8.44. The van der Waals surface area contributed by atoms with Crippen LogP contribution in [-0.2, 0) is 12.8 Å². The highest BCUT2D eigenvalue weighted by molar-refractivity contribution is 5.50. The molecule has 0 radical (unpaired) electrons. The van der Waals surface area contributed by atoms with Gasteiger partial charge in [0.25, 0.3) is 0 Å². The molecule has 0 amide bonds. The van der Waals surface area contributed by atoms with E-state index < -0.39 is 0 Å². The SMILES string of the molecule is CC[C@@H]1CN2CCc3cc(OC)c(OC)cc3[C@H]2CC1C[C@@H]1NCCc2cc(O)c(OC)cc21. The number of piperidine rings is 1. The standard InChI is InChI=1S/C28H38N2O4/c1-5-17-16-30-9-7-19-13-27(33-3)28(34-4)15-22(19)24(30)11-20(17)10-23-21-14-26(32-2)25(31)12-18(21)6-8-29-23/h12-15,17,20,23-24,29,31H,5-11,16H2,1-4H3/t17-,20?,23+,24-/m1/s1. The van der Waals surface area contributed by atoms with Crippen molar-refractivity contribution in [3.63, 3.8) is 0 Å². The monoisotopic (exact) mass is 466 g/mol. The van der Waals surface area contributed by atoms with Crippen molar-refractivity contribution < 1.29 is 19.3 Å². The van der Waals surface area contributed by atoms with Gasteiger partial charge in [-0.15, -0.1) is 0 Å². The lowest BCUT2D eigenvalue weighted by atomic mass is 9.72. The number of benzene rings is 2. The predicted octanol–water partition coefficient (Wildman–Crippen LogP) is 4.64. The lowest BCUT2D eigenvalue weighted by molar-refractivity contribution is 0.0434. The molecular formula is C28H38N2O4. The van der Waals surface area contributed by atoms with Gasteiger partial charge in [0.15, 0.2) is 23.0 Å². The second kappa shape index (κ2) is 9.67. The summed E-state index contributed by atoms with van der Waals surface area (Å²) in [5.74, 6) is 3.76. The smallest absolute Gasteiger partial charge is 0.161 e. The number of phenols is 1. The zero-order valence-corrected chi connectivity index (χ0v) is 20.9. The molecule has 3 aliphatic heterocycles. The predicted molar refractivity (Wildman–Crippen MR) is 133 cm³/mol. The molecule has 0 saturated carbocycles. The summed E-state index contributed by atoms with van der Waals surface area (Å²) < 4.78 is 16.7. The van der Waals surface area contributed by atoms with E-state index in [0.717, 1.165) is 56.8 Å². The number of phenolic OH excluding ortho intramolecular Hbond substituents is 1. The van der Waals surface area contributed by atoms with Crippen molar-refractivity contribution in [1.82, 2.24) is 10.2 Å². The van der Waals surface area contributed by atoms with Gasteiger partial charge in [-0.1, -0.05) is 13.3 Å². The van der Waals surface area contributed by atoms with Crippen LogP contribution in [0.25, 0.3) is 0 Å². The van der Waals surface area contributed by atoms with E-state index in [0.29, 0.717) is 23.6 Å². The van der Waals surface area contributed by atoms with E-state index in [4.69, 9.17) is 14.2 Å². The van der Waals surface area contributed by atoms with Crippen molar-refractivity contribution in [2.45, 2.75) is 51.1 Å². The minimum atomic E-state index is 0.241. The lowest BCUT2D eigenvalue weighted by Gasteiger charge is -2.48. The Labute approximate surface area is 203 Å². The second-order valence-corrected chi connectivity index (χ2v) is 10.0. The van der Waals surface area contributed by atoms with Crippen LogP contribution in [0, 0.1) is 11.8 Å². The Morgan fingerprint density at radius 1 is 0.912 bits per heavy atom. The minimum Gasteiger partial charge on any atom is -0.504 e. The van der Waals surface area contributed by atoms with E-state index in [1.807, 2.05) is 12.1 Å². The Bertz CT molecular complexity index is 1040. The number of hydrogen-bond donors (Lipinski definition) is 2. The molecule has 34 heavy (non-hydrogen) atoms. The summed E-state index contributed by atoms with van der Waals surface area (Å²) in [6.45, 7) is 5.55. The van der Waals surface area contributed by atoms with Crippen molar-refractivity contribution >= 4 is 0 Å². The fraction of sp³-hybridized carbons (Fsp3) is 0.571. The van der Waals surface area contributed by atoms with Gasteiger partial charge in [-0.3, -0.25) is 4.90 Å². The van der Waals surface area contributed by atoms with Crippen LogP contribution < -0.4 is 19.5 Å². The summed E-state index contributed by atoms with van der Waals surface area (Å²) >= 11 is 0. The van der Waals surface area contributed by atoms with Crippen LogP contribution in [0.3, 0.4) is 0 Å². The first-order chi connectivity index (χ1) is 16.6. The van der Waals surface area contributed by atoms with Gasteiger partial charge >= 0.3 is 0 Å². The zero-order valence-electron chi connectivity index (χ0n) is 20.9. The van der Waals surface area contributed by atoms with Crippen LogP contribution in [0.4, 0.5) is 0 Å². The Kier molecular flexibility index (Phi) is 6.63. The van der Waals surface area contributed by atoms with E-state index in [2.05, 4.69) is 29.3 Å². The largest absolute Gasteiger partial charge is 0.504 e. The molecule has 0 spiro atoms. The van der Waals surface area contributed by atoms with Crippen molar-refractivity contribution in [3.05, 3.63) is 46.5 Å². The van der Waals surface area contributed by atoms with Gasteiger partial charge in [-0.05, 0) is 90.6 Å². The number of nitrogens with one attached hydrogen (secondary N) is 1. The molecule has 1 unspecified atom stereocenters. The first kappa shape index (κ1) is 23.3. The highest BCUT2D eigenvalue weighted by Gasteiger charge is 2.40. The molecule has 1 fully saturated rings. The molecular weight excluding hydrogens is 428 g/mol. The maximum Gasteiger partial charge on any atom is 0.161 e. The molecule has 0 bridgehead atoms. The molecule has 184 valence electrons. The van der Waals surface area contributed by atoms with E-state index in [-0.39, 0.29) is 11.8 Å². The van der Waals surface area contributed by atoms with Gasteiger partial charge in [-0.2, -0.15) is 0 Å². The van der Waals surface area contributed by atoms with Crippen LogP contribution >= 0.6 is 0 Å². The summed E-state index contributed by atoms with van der Waals surface area (Å²) in [5.41, 5.74) is 5.34. The minimum absolute atomic E-state index is 0.241. The molecule has 5 rings (SSSR count). The Morgan fingerprint density at radius 3 is 2.35 bits per heavy atom. The molecule has 2 aromatic carbocycles. The Morgan fingerprint density at radius 2 is 1.62 bits per heavy atom. The highest BCUT2D eigenvalue weighted by atomic mass is 16.5. The third-order valence-electron chi connectivity index (χ3n) is 8.44. The molecule has 3 heterocycles. The maximum absolute atomic E-state index is 10.3. The second-order valence-electron chi connectivity index (χ2n) is 10.0. The molecule has 2 aromatic rings. The Hall–Kier alpha value is -2.44. The van der Waals surface area contributed by atoms with E-state index in [1.165, 1.54) is 28.7 Å². The quantitative estimate of drug-likeness (QED) is 0.647. The fourth-order valence-corrected chi connectivity index (χ4v) is 6.59. The Balaban J connectivity index is 1.43. The normalized spacial score (nSPS) is 26.2. The van der Waals surface area contributed by atoms with E-state index >= 15 is 0 Å². The van der Waals surface area contributed by atoms with E-state index in [1.54, 1.807) is 21.3 Å². The molecule has 2 N–H and O–H groups in total. The van der Waals surface area contributed by atoms with Crippen LogP contribution in [0.15, 0.2) is 24.3 Å². The number of ether oxygens (including phenoxy) is 3. The van der Waals surface area contributed by atoms with Crippen LogP contribution in [-0.4, -0.2) is 51.0 Å². The third kappa shape index (κ3) is 4.11. The number of fused-ring (bicyclic) bond motifs is 4. The van der Waals surface area contributed by atoms with Gasteiger partial charge in [0.1, 0.15) is 0 Å². The van der Waals surface area contributed by atoms with E-state index in [9.17, 15) is 5.11 Å². The van der Waals surface area contributed by atoms with Gasteiger partial charge < -0.3 is 24.6 Å². The summed E-state index contributed by atoms with van der Waals surface area (Å²) in [5, 5.41) is 14.1. The summed E-state index contributed by atoms with van der Waals surface area (Å²) in [4.78, 5) is 2.70. The molecule has 6 nitrogen and oxygen atoms in total. The molecule has 0 aromatic heterocycles. The van der Waals surface area contributed by atoms with Gasteiger partial charge in [0, 0.05) is 25.2 Å². The number of methoxy groups -OCH3 is 3. The first-order valence-corrected chi connectivity index (χ1v) is 12.7. The highest BCUT2D eigenvalue weighted by Crippen LogP contribution is 2.47. The molecule has 4 atom stereocenters. The van der Waals surface area contributed by atoms with Gasteiger partial charge in [0.05, 0.1) is 21.3 Å². The van der Waals surface area contributed by atoms with Crippen molar-refractivity contribution in [2.75, 3.05) is 41.0 Å². The van der Waals surface area contributed by atoms with Crippen LogP contribution in [0.2, 0.25) is 0 Å². The lowest BCUT2D eigenvalue weighted by Crippen LogP contribution is -2.46. The topological polar surface area (TPSA) is 63.2 Å². The number of nitrogens with zero attached hydrogens (tertiary/aromatic N) is 1. The molecule has 1 saturated heterocycles. The van der Waals surface area contributed by atoms with Crippen molar-refractivity contribution in [2.24, 2.45) is 11.8 Å². The van der Waals surface area contributed by atoms with Gasteiger partial charge in [0.2, 0.25) is 0 Å². The zero-order chi connectivity index (χ0) is 23.8.